The molecule has 0 saturated heterocycles. The van der Waals surface area contributed by atoms with Crippen molar-refractivity contribution in [2.75, 3.05) is 11.9 Å². The summed E-state index contributed by atoms with van der Waals surface area (Å²) >= 11 is 5.67. The first-order valence-electron chi connectivity index (χ1n) is 5.92. The molecule has 1 amide bonds. The summed E-state index contributed by atoms with van der Waals surface area (Å²) in [5.41, 5.74) is 0.719. The predicted molar refractivity (Wildman–Crippen MR) is 74.9 cm³/mol. The van der Waals surface area contributed by atoms with Gasteiger partial charge in [0.2, 0.25) is 0 Å². The lowest BCUT2D eigenvalue weighted by Crippen LogP contribution is -2.21. The fourth-order valence-electron chi connectivity index (χ4n) is 1.33. The maximum absolute atomic E-state index is 11.6. The summed E-state index contributed by atoms with van der Waals surface area (Å²) in [6.07, 6.45) is 4.12. The number of ether oxygens (including phenoxy) is 1. The molecule has 0 aromatic carbocycles. The smallest absolute Gasteiger partial charge is 0.359 e. The number of nitrogens with zero attached hydrogens (tertiary/aromatic N) is 3. The minimum atomic E-state index is -0.721. The zero-order chi connectivity index (χ0) is 15.2. The lowest BCUT2D eigenvalue weighted by Gasteiger charge is -2.05. The number of aromatic nitrogens is 3. The Morgan fingerprint density at radius 3 is 2.62 bits per heavy atom. The van der Waals surface area contributed by atoms with Gasteiger partial charge >= 0.3 is 5.97 Å². The summed E-state index contributed by atoms with van der Waals surface area (Å²) in [4.78, 5) is 34.9. The summed E-state index contributed by atoms with van der Waals surface area (Å²) < 4.78 is 4.82. The lowest BCUT2D eigenvalue weighted by molar-refractivity contribution is -0.119. The highest BCUT2D eigenvalue weighted by atomic mass is 35.5. The number of esters is 1. The van der Waals surface area contributed by atoms with Gasteiger partial charge in [-0.2, -0.15) is 0 Å². The minimum Gasteiger partial charge on any atom is -0.451 e. The van der Waals surface area contributed by atoms with Crippen molar-refractivity contribution in [1.29, 1.82) is 0 Å². The maximum Gasteiger partial charge on any atom is 0.359 e. The minimum absolute atomic E-state index is 0.0398. The second kappa shape index (κ2) is 6.76. The van der Waals surface area contributed by atoms with Gasteiger partial charge in [0.05, 0.1) is 16.9 Å². The van der Waals surface area contributed by atoms with E-state index in [9.17, 15) is 9.59 Å². The van der Waals surface area contributed by atoms with Crippen LogP contribution in [-0.4, -0.2) is 33.4 Å². The zero-order valence-corrected chi connectivity index (χ0v) is 11.8. The van der Waals surface area contributed by atoms with Crippen LogP contribution < -0.4 is 5.32 Å². The third-order valence-electron chi connectivity index (χ3n) is 2.32. The van der Waals surface area contributed by atoms with Crippen molar-refractivity contribution in [3.63, 3.8) is 0 Å². The largest absolute Gasteiger partial charge is 0.451 e. The van der Waals surface area contributed by atoms with Gasteiger partial charge in [0, 0.05) is 12.4 Å². The number of amides is 1. The van der Waals surface area contributed by atoms with Crippen LogP contribution in [0, 0.1) is 6.92 Å². The van der Waals surface area contributed by atoms with Crippen LogP contribution >= 0.6 is 11.6 Å². The Labute approximate surface area is 125 Å². The van der Waals surface area contributed by atoms with Gasteiger partial charge in [0.15, 0.2) is 12.3 Å². The van der Waals surface area contributed by atoms with E-state index in [-0.39, 0.29) is 5.69 Å². The fraction of sp³-hybridized carbons (Fsp3) is 0.154. The molecule has 1 N–H and O–H groups in total. The first-order valence-corrected chi connectivity index (χ1v) is 6.29. The number of nitrogens with one attached hydrogen (secondary N) is 1. The third kappa shape index (κ3) is 4.50. The van der Waals surface area contributed by atoms with Gasteiger partial charge in [-0.1, -0.05) is 11.6 Å². The van der Waals surface area contributed by atoms with Crippen molar-refractivity contribution < 1.29 is 14.3 Å². The molecule has 0 aliphatic rings. The van der Waals surface area contributed by atoms with Gasteiger partial charge in [-0.3, -0.25) is 9.78 Å². The molecule has 2 rings (SSSR count). The maximum atomic E-state index is 11.6. The molecule has 2 heterocycles. The third-order valence-corrected chi connectivity index (χ3v) is 2.54. The Bertz CT molecular complexity index is 643. The average molecular weight is 307 g/mol. The van der Waals surface area contributed by atoms with E-state index in [0.717, 1.165) is 0 Å². The molecule has 0 unspecified atom stereocenters. The van der Waals surface area contributed by atoms with Gasteiger partial charge < -0.3 is 10.1 Å². The number of rotatable bonds is 4. The van der Waals surface area contributed by atoms with Crippen molar-refractivity contribution >= 4 is 29.3 Å². The Morgan fingerprint density at radius 2 is 2.00 bits per heavy atom. The number of halogens is 1. The normalized spacial score (nSPS) is 10.0. The van der Waals surface area contributed by atoms with E-state index >= 15 is 0 Å². The summed E-state index contributed by atoms with van der Waals surface area (Å²) in [6.45, 7) is 1.30. The van der Waals surface area contributed by atoms with Crippen LogP contribution in [-0.2, 0) is 9.53 Å². The first-order chi connectivity index (χ1) is 10.0. The van der Waals surface area contributed by atoms with E-state index in [1.54, 1.807) is 13.0 Å². The highest BCUT2D eigenvalue weighted by Gasteiger charge is 2.12. The molecule has 2 aromatic heterocycles. The van der Waals surface area contributed by atoms with Crippen LogP contribution in [0.5, 0.6) is 0 Å². The Balaban J connectivity index is 1.84. The molecule has 0 bridgehead atoms. The Kier molecular flexibility index (Phi) is 4.78. The number of carbonyl (C=O) groups is 2. The second-order valence-corrected chi connectivity index (χ2v) is 4.47. The highest BCUT2D eigenvalue weighted by Crippen LogP contribution is 2.09. The number of hydrogen-bond acceptors (Lipinski definition) is 6. The highest BCUT2D eigenvalue weighted by molar-refractivity contribution is 6.30. The van der Waals surface area contributed by atoms with Gasteiger partial charge in [-0.15, -0.1) is 0 Å². The van der Waals surface area contributed by atoms with E-state index < -0.39 is 18.5 Å². The van der Waals surface area contributed by atoms with Gasteiger partial charge in [-0.25, -0.2) is 14.8 Å². The van der Waals surface area contributed by atoms with Crippen LogP contribution in [0.3, 0.4) is 0 Å². The molecule has 108 valence electrons. The molecule has 0 saturated carbocycles. The van der Waals surface area contributed by atoms with Gasteiger partial charge in [-0.05, 0) is 19.1 Å². The van der Waals surface area contributed by atoms with E-state index in [2.05, 4.69) is 20.3 Å². The average Bonchev–Trinajstić information content (AvgIpc) is 2.48. The number of carbonyl (C=O) groups excluding carboxylic acids is 2. The molecule has 2 aromatic rings. The topological polar surface area (TPSA) is 94.1 Å². The number of aryl methyl sites for hydroxylation is 1. The van der Waals surface area contributed by atoms with Crippen LogP contribution in [0.25, 0.3) is 0 Å². The fourth-order valence-corrected chi connectivity index (χ4v) is 1.44. The van der Waals surface area contributed by atoms with Gasteiger partial charge in [0.25, 0.3) is 5.91 Å². The van der Waals surface area contributed by atoms with Gasteiger partial charge in [0.1, 0.15) is 5.82 Å². The molecule has 0 spiro atoms. The van der Waals surface area contributed by atoms with E-state index in [4.69, 9.17) is 16.3 Å². The van der Waals surface area contributed by atoms with Crippen molar-refractivity contribution in [3.05, 3.63) is 47.1 Å². The molecule has 7 nitrogen and oxygen atoms in total. The molecule has 0 radical (unpaired) electrons. The monoisotopic (exact) mass is 306 g/mol. The Hall–Kier alpha value is -2.54. The van der Waals surface area contributed by atoms with Crippen molar-refractivity contribution in [2.45, 2.75) is 6.92 Å². The zero-order valence-electron chi connectivity index (χ0n) is 11.0. The molecule has 21 heavy (non-hydrogen) atoms. The van der Waals surface area contributed by atoms with Crippen LogP contribution in [0.15, 0.2) is 30.7 Å². The molecular weight excluding hydrogens is 296 g/mol. The molecule has 0 fully saturated rings. The molecule has 8 heteroatoms. The molecule has 0 atom stereocenters. The molecule has 0 aliphatic carbocycles. The number of hydrogen-bond donors (Lipinski definition) is 1. The summed E-state index contributed by atoms with van der Waals surface area (Å²) in [5.74, 6) is -0.921. The summed E-state index contributed by atoms with van der Waals surface area (Å²) in [7, 11) is 0. The quantitative estimate of drug-likeness (QED) is 0.863. The van der Waals surface area contributed by atoms with Crippen LogP contribution in [0.1, 0.15) is 16.2 Å². The van der Waals surface area contributed by atoms with Crippen molar-refractivity contribution in [1.82, 2.24) is 15.0 Å². The second-order valence-electron chi connectivity index (χ2n) is 4.03. The van der Waals surface area contributed by atoms with Crippen LogP contribution in [0.2, 0.25) is 5.02 Å². The lowest BCUT2D eigenvalue weighted by atomic mass is 10.4. The SMILES string of the molecule is Cc1cnc(C(=O)OCC(=O)Nc2ccc(Cl)cn2)cn1. The summed E-state index contributed by atoms with van der Waals surface area (Å²) in [5, 5.41) is 2.92. The first kappa shape index (κ1) is 14.9. The van der Waals surface area contributed by atoms with Crippen molar-refractivity contribution in [2.24, 2.45) is 0 Å². The molecular formula is C13H11ClN4O3. The summed E-state index contributed by atoms with van der Waals surface area (Å²) in [6, 6.07) is 3.12. The Morgan fingerprint density at radius 1 is 1.19 bits per heavy atom. The molecule has 0 aliphatic heterocycles. The van der Waals surface area contributed by atoms with Crippen LogP contribution in [0.4, 0.5) is 5.82 Å². The van der Waals surface area contributed by atoms with Crippen molar-refractivity contribution in [3.8, 4) is 0 Å². The van der Waals surface area contributed by atoms with E-state index in [1.165, 1.54) is 24.7 Å². The standard InChI is InChI=1S/C13H11ClN4O3/c1-8-4-16-10(6-15-8)13(20)21-7-12(19)18-11-3-2-9(14)5-17-11/h2-6H,7H2,1H3,(H,17,18,19). The number of pyridine rings is 1. The number of anilines is 1. The van der Waals surface area contributed by atoms with E-state index in [1.807, 2.05) is 0 Å². The predicted octanol–water partition coefficient (Wildman–Crippen LogP) is 1.63. The van der Waals surface area contributed by atoms with E-state index in [0.29, 0.717) is 16.5 Å².